The topological polar surface area (TPSA) is 90.6 Å². The second kappa shape index (κ2) is 5.31. The lowest BCUT2D eigenvalue weighted by atomic mass is 9.87. The van der Waals surface area contributed by atoms with Crippen molar-refractivity contribution in [3.63, 3.8) is 0 Å². The van der Waals surface area contributed by atoms with Crippen LogP contribution in [0.2, 0.25) is 0 Å². The molecule has 23 heavy (non-hydrogen) atoms. The molecule has 0 radical (unpaired) electrons. The molecule has 2 aromatic heterocycles. The van der Waals surface area contributed by atoms with Crippen molar-refractivity contribution < 1.29 is 14.3 Å². The molecule has 122 valence electrons. The van der Waals surface area contributed by atoms with Crippen molar-refractivity contribution in [3.05, 3.63) is 11.2 Å². The van der Waals surface area contributed by atoms with Gasteiger partial charge in [0, 0.05) is 25.1 Å². The molecule has 2 fully saturated rings. The lowest BCUT2D eigenvalue weighted by molar-refractivity contribution is 0.1000. The Morgan fingerprint density at radius 3 is 3.09 bits per heavy atom. The van der Waals surface area contributed by atoms with Crippen molar-refractivity contribution in [1.29, 1.82) is 0 Å². The third-order valence-corrected chi connectivity index (χ3v) is 5.83. The molecule has 2 aromatic rings. The summed E-state index contributed by atoms with van der Waals surface area (Å²) in [5.74, 6) is -0.105. The van der Waals surface area contributed by atoms with Crippen molar-refractivity contribution in [2.24, 2.45) is 11.1 Å². The van der Waals surface area contributed by atoms with Gasteiger partial charge in [0.25, 0.3) is 5.91 Å². The number of fused-ring (bicyclic) bond motifs is 1. The van der Waals surface area contributed by atoms with Crippen LogP contribution in [-0.4, -0.2) is 49.3 Å². The second-order valence-electron chi connectivity index (χ2n) is 6.19. The molecule has 2 aliphatic rings. The molecule has 2 saturated heterocycles. The monoisotopic (exact) mass is 334 g/mol. The van der Waals surface area contributed by atoms with Gasteiger partial charge in [0.1, 0.15) is 5.52 Å². The lowest BCUT2D eigenvalue weighted by Crippen LogP contribution is -2.27. The minimum atomic E-state index is -0.527. The van der Waals surface area contributed by atoms with E-state index in [-0.39, 0.29) is 10.4 Å². The number of pyridine rings is 1. The summed E-state index contributed by atoms with van der Waals surface area (Å²) >= 11 is 1.30. The molecule has 2 N–H and O–H groups in total. The number of rotatable bonds is 3. The fourth-order valence-corrected chi connectivity index (χ4v) is 4.42. The Balaban J connectivity index is 1.76. The third kappa shape index (κ3) is 2.33. The number of primary amides is 1. The summed E-state index contributed by atoms with van der Waals surface area (Å²) in [6.07, 6.45) is 4.02. The van der Waals surface area contributed by atoms with Gasteiger partial charge in [-0.3, -0.25) is 4.79 Å². The largest absolute Gasteiger partial charge is 0.479 e. The molecule has 8 heteroatoms. The molecular weight excluding hydrogens is 316 g/mol. The summed E-state index contributed by atoms with van der Waals surface area (Å²) in [5.41, 5.74) is 7.24. The van der Waals surface area contributed by atoms with Crippen molar-refractivity contribution in [2.75, 3.05) is 38.3 Å². The van der Waals surface area contributed by atoms with Gasteiger partial charge in [-0.15, -0.1) is 11.3 Å². The average Bonchev–Trinajstić information content (AvgIpc) is 3.27. The van der Waals surface area contributed by atoms with Crippen LogP contribution < -0.4 is 15.4 Å². The van der Waals surface area contributed by atoms with Gasteiger partial charge < -0.3 is 20.1 Å². The van der Waals surface area contributed by atoms with Gasteiger partial charge >= 0.3 is 0 Å². The van der Waals surface area contributed by atoms with Crippen LogP contribution in [0.5, 0.6) is 5.88 Å². The Morgan fingerprint density at radius 2 is 2.39 bits per heavy atom. The fourth-order valence-electron chi connectivity index (χ4n) is 3.47. The number of hydrogen-bond donors (Lipinski definition) is 1. The first-order valence-corrected chi connectivity index (χ1v) is 8.40. The van der Waals surface area contributed by atoms with E-state index in [1.54, 1.807) is 13.3 Å². The summed E-state index contributed by atoms with van der Waals surface area (Å²) < 4.78 is 11.8. The van der Waals surface area contributed by atoms with Crippen LogP contribution in [0.3, 0.4) is 0 Å². The summed E-state index contributed by atoms with van der Waals surface area (Å²) in [4.78, 5) is 22.5. The number of ether oxygens (including phenoxy) is 2. The zero-order valence-electron chi connectivity index (χ0n) is 12.9. The molecule has 0 aliphatic carbocycles. The third-order valence-electron chi connectivity index (χ3n) is 4.73. The predicted octanol–water partition coefficient (Wildman–Crippen LogP) is 1.42. The highest BCUT2D eigenvalue weighted by Gasteiger charge is 2.42. The molecule has 4 heterocycles. The predicted molar refractivity (Wildman–Crippen MR) is 87.2 cm³/mol. The van der Waals surface area contributed by atoms with E-state index < -0.39 is 5.91 Å². The van der Waals surface area contributed by atoms with Crippen molar-refractivity contribution in [2.45, 2.75) is 12.8 Å². The summed E-state index contributed by atoms with van der Waals surface area (Å²) in [6, 6.07) is 0. The quantitative estimate of drug-likeness (QED) is 0.913. The molecule has 0 saturated carbocycles. The van der Waals surface area contributed by atoms with Gasteiger partial charge in [0.05, 0.1) is 30.3 Å². The maximum absolute atomic E-state index is 11.5. The van der Waals surface area contributed by atoms with Gasteiger partial charge in [-0.2, -0.15) is 0 Å². The Labute approximate surface area is 137 Å². The Morgan fingerprint density at radius 1 is 1.52 bits per heavy atom. The fraction of sp³-hybridized carbons (Fsp3) is 0.533. The molecule has 4 rings (SSSR count). The molecule has 1 spiro atoms. The number of aromatic nitrogens is 2. The normalized spacial score (nSPS) is 24.0. The molecule has 1 unspecified atom stereocenters. The Bertz CT molecular complexity index is 769. The smallest absolute Gasteiger partial charge is 0.277 e. The maximum atomic E-state index is 11.5. The minimum absolute atomic E-state index is 0.253. The van der Waals surface area contributed by atoms with E-state index >= 15 is 0 Å². The Kier molecular flexibility index (Phi) is 3.38. The van der Waals surface area contributed by atoms with Gasteiger partial charge in [-0.05, 0) is 12.8 Å². The van der Waals surface area contributed by atoms with Crippen LogP contribution in [0, 0.1) is 5.41 Å². The zero-order valence-corrected chi connectivity index (χ0v) is 13.7. The number of carbonyl (C=O) groups is 1. The summed E-state index contributed by atoms with van der Waals surface area (Å²) in [7, 11) is 1.55. The number of amides is 1. The van der Waals surface area contributed by atoms with Gasteiger partial charge in [-0.1, -0.05) is 0 Å². The highest BCUT2D eigenvalue weighted by molar-refractivity contribution is 7.21. The molecule has 1 amide bonds. The van der Waals surface area contributed by atoms with E-state index in [9.17, 15) is 4.79 Å². The van der Waals surface area contributed by atoms with E-state index in [0.29, 0.717) is 11.4 Å². The van der Waals surface area contributed by atoms with E-state index in [0.717, 1.165) is 49.5 Å². The highest BCUT2D eigenvalue weighted by atomic mass is 32.1. The minimum Gasteiger partial charge on any atom is -0.479 e. The number of carbonyl (C=O) groups excluding carboxylic acids is 1. The molecular formula is C15H18N4O3S. The lowest BCUT2D eigenvalue weighted by Gasteiger charge is -2.23. The number of hydrogen-bond acceptors (Lipinski definition) is 7. The summed E-state index contributed by atoms with van der Waals surface area (Å²) in [5, 5.41) is 0.283. The zero-order chi connectivity index (χ0) is 16.0. The molecule has 2 aliphatic heterocycles. The first-order chi connectivity index (χ1) is 11.1. The SMILES string of the molecule is COc1ncc(N2CCC3(CCOC3)C2)c2sc(C(N)=O)nc12. The van der Waals surface area contributed by atoms with Crippen LogP contribution >= 0.6 is 11.3 Å². The molecule has 0 bridgehead atoms. The van der Waals surface area contributed by atoms with Crippen LogP contribution in [0.15, 0.2) is 6.20 Å². The van der Waals surface area contributed by atoms with Gasteiger partial charge in [0.2, 0.25) is 5.88 Å². The molecule has 1 atom stereocenters. The van der Waals surface area contributed by atoms with E-state index in [1.807, 2.05) is 0 Å². The van der Waals surface area contributed by atoms with Gasteiger partial charge in [0.15, 0.2) is 5.01 Å². The number of nitrogens with zero attached hydrogens (tertiary/aromatic N) is 3. The van der Waals surface area contributed by atoms with E-state index in [4.69, 9.17) is 15.2 Å². The van der Waals surface area contributed by atoms with Crippen molar-refractivity contribution >= 4 is 33.1 Å². The highest BCUT2D eigenvalue weighted by Crippen LogP contribution is 2.43. The van der Waals surface area contributed by atoms with Gasteiger partial charge in [-0.25, -0.2) is 9.97 Å². The number of anilines is 1. The van der Waals surface area contributed by atoms with Crippen molar-refractivity contribution in [3.8, 4) is 5.88 Å². The molecule has 7 nitrogen and oxygen atoms in total. The number of thiazole rings is 1. The van der Waals surface area contributed by atoms with Crippen LogP contribution in [0.25, 0.3) is 10.2 Å². The number of nitrogens with two attached hydrogens (primary N) is 1. The van der Waals surface area contributed by atoms with Crippen LogP contribution in [-0.2, 0) is 4.74 Å². The Hall–Kier alpha value is -1.93. The maximum Gasteiger partial charge on any atom is 0.277 e. The first kappa shape index (κ1) is 14.6. The molecule has 0 aromatic carbocycles. The van der Waals surface area contributed by atoms with Crippen LogP contribution in [0.4, 0.5) is 5.69 Å². The average molecular weight is 334 g/mol. The second-order valence-corrected chi connectivity index (χ2v) is 7.19. The standard InChI is InChI=1S/C15H18N4O3S/c1-21-13-10-11(23-14(18-10)12(16)20)9(6-17-13)19-4-2-15(7-19)3-5-22-8-15/h6H,2-5,7-8H2,1H3,(H2,16,20). The number of methoxy groups -OCH3 is 1. The van der Waals surface area contributed by atoms with E-state index in [2.05, 4.69) is 14.9 Å². The van der Waals surface area contributed by atoms with Crippen LogP contribution in [0.1, 0.15) is 22.6 Å². The first-order valence-electron chi connectivity index (χ1n) is 7.58. The summed E-state index contributed by atoms with van der Waals surface area (Å²) in [6.45, 7) is 3.57. The van der Waals surface area contributed by atoms with Crippen molar-refractivity contribution in [1.82, 2.24) is 9.97 Å². The van der Waals surface area contributed by atoms with E-state index in [1.165, 1.54) is 11.3 Å².